The third kappa shape index (κ3) is 2.47. The van der Waals surface area contributed by atoms with Gasteiger partial charge in [-0.05, 0) is 42.7 Å². The zero-order valence-corrected chi connectivity index (χ0v) is 11.9. The van der Waals surface area contributed by atoms with Crippen LogP contribution in [0.15, 0.2) is 42.5 Å². The lowest BCUT2D eigenvalue weighted by atomic mass is 10.1. The van der Waals surface area contributed by atoms with Crippen molar-refractivity contribution in [1.82, 2.24) is 4.98 Å². The average Bonchev–Trinajstić information content (AvgIpc) is 2.83. The van der Waals surface area contributed by atoms with E-state index in [1.54, 1.807) is 11.3 Å². The van der Waals surface area contributed by atoms with Gasteiger partial charge in [0.15, 0.2) is 5.13 Å². The molecule has 0 aliphatic carbocycles. The van der Waals surface area contributed by atoms with Crippen LogP contribution in [0.1, 0.15) is 18.1 Å². The standard InChI is InChI=1S/C16H16N2S/c1-3-12-7-5-8-13(10-12)17-16-18-15-11(2)6-4-9-14(15)19-16/h4-10H,3H2,1-2H3,(H,17,18). The number of hydrogen-bond acceptors (Lipinski definition) is 3. The summed E-state index contributed by atoms with van der Waals surface area (Å²) in [6, 6.07) is 14.8. The van der Waals surface area contributed by atoms with E-state index < -0.39 is 0 Å². The number of nitrogens with one attached hydrogen (secondary N) is 1. The van der Waals surface area contributed by atoms with Crippen molar-refractivity contribution in [2.45, 2.75) is 20.3 Å². The SMILES string of the molecule is CCc1cccc(Nc2nc3c(C)cccc3s2)c1. The van der Waals surface area contributed by atoms with Crippen LogP contribution in [0.25, 0.3) is 10.2 Å². The Balaban J connectivity index is 1.94. The van der Waals surface area contributed by atoms with Crippen LogP contribution < -0.4 is 5.32 Å². The topological polar surface area (TPSA) is 24.9 Å². The number of rotatable bonds is 3. The van der Waals surface area contributed by atoms with E-state index in [0.717, 1.165) is 22.8 Å². The Labute approximate surface area is 117 Å². The number of nitrogens with zero attached hydrogens (tertiary/aromatic N) is 1. The van der Waals surface area contributed by atoms with E-state index in [4.69, 9.17) is 0 Å². The molecule has 3 heteroatoms. The molecular formula is C16H16N2S. The normalized spacial score (nSPS) is 10.8. The number of thiazole rings is 1. The van der Waals surface area contributed by atoms with Crippen LogP contribution in [-0.2, 0) is 6.42 Å². The molecule has 0 bridgehead atoms. The van der Waals surface area contributed by atoms with Gasteiger partial charge in [-0.1, -0.05) is 42.5 Å². The molecule has 1 N–H and O–H groups in total. The van der Waals surface area contributed by atoms with E-state index in [-0.39, 0.29) is 0 Å². The highest BCUT2D eigenvalue weighted by Crippen LogP contribution is 2.30. The fourth-order valence-corrected chi connectivity index (χ4v) is 3.10. The lowest BCUT2D eigenvalue weighted by Gasteiger charge is -2.04. The molecular weight excluding hydrogens is 252 g/mol. The Morgan fingerprint density at radius 1 is 1.16 bits per heavy atom. The van der Waals surface area contributed by atoms with Gasteiger partial charge in [-0.15, -0.1) is 0 Å². The van der Waals surface area contributed by atoms with Crippen molar-refractivity contribution >= 4 is 32.4 Å². The Bertz CT molecular complexity index is 716. The second-order valence-electron chi connectivity index (χ2n) is 4.62. The second kappa shape index (κ2) is 5.02. The first-order valence-corrected chi connectivity index (χ1v) is 7.30. The summed E-state index contributed by atoms with van der Waals surface area (Å²) < 4.78 is 1.23. The van der Waals surface area contributed by atoms with Gasteiger partial charge >= 0.3 is 0 Å². The molecule has 3 aromatic rings. The lowest BCUT2D eigenvalue weighted by Crippen LogP contribution is -1.90. The second-order valence-corrected chi connectivity index (χ2v) is 5.65. The molecule has 0 saturated carbocycles. The predicted molar refractivity (Wildman–Crippen MR) is 83.5 cm³/mol. The summed E-state index contributed by atoms with van der Waals surface area (Å²) in [5.74, 6) is 0. The number of anilines is 2. The Morgan fingerprint density at radius 2 is 2.00 bits per heavy atom. The van der Waals surface area contributed by atoms with Crippen LogP contribution >= 0.6 is 11.3 Å². The molecule has 19 heavy (non-hydrogen) atoms. The molecule has 96 valence electrons. The molecule has 0 radical (unpaired) electrons. The van der Waals surface area contributed by atoms with Gasteiger partial charge in [-0.3, -0.25) is 0 Å². The van der Waals surface area contributed by atoms with Crippen molar-refractivity contribution < 1.29 is 0 Å². The molecule has 0 fully saturated rings. The molecule has 0 aliphatic rings. The van der Waals surface area contributed by atoms with E-state index in [1.807, 2.05) is 0 Å². The number of aromatic nitrogens is 1. The highest BCUT2D eigenvalue weighted by molar-refractivity contribution is 7.22. The Morgan fingerprint density at radius 3 is 2.79 bits per heavy atom. The molecule has 0 unspecified atom stereocenters. The highest BCUT2D eigenvalue weighted by Gasteiger charge is 2.05. The molecule has 1 heterocycles. The van der Waals surface area contributed by atoms with Gasteiger partial charge in [-0.2, -0.15) is 0 Å². The molecule has 2 nitrogen and oxygen atoms in total. The monoisotopic (exact) mass is 268 g/mol. The van der Waals surface area contributed by atoms with Crippen LogP contribution in [0.4, 0.5) is 10.8 Å². The Kier molecular flexibility index (Phi) is 3.22. The summed E-state index contributed by atoms with van der Waals surface area (Å²) in [6.45, 7) is 4.27. The minimum atomic E-state index is 0.956. The maximum atomic E-state index is 4.67. The fraction of sp³-hybridized carbons (Fsp3) is 0.188. The smallest absolute Gasteiger partial charge is 0.188 e. The van der Waals surface area contributed by atoms with Crippen LogP contribution in [0.2, 0.25) is 0 Å². The molecule has 2 aromatic carbocycles. The van der Waals surface area contributed by atoms with Gasteiger partial charge in [-0.25, -0.2) is 4.98 Å². The first kappa shape index (κ1) is 12.2. The maximum Gasteiger partial charge on any atom is 0.188 e. The number of para-hydroxylation sites is 1. The summed E-state index contributed by atoms with van der Waals surface area (Å²) in [7, 11) is 0. The van der Waals surface area contributed by atoms with Gasteiger partial charge in [0.1, 0.15) is 0 Å². The van der Waals surface area contributed by atoms with Crippen LogP contribution in [0.3, 0.4) is 0 Å². The lowest BCUT2D eigenvalue weighted by molar-refractivity contribution is 1.14. The zero-order valence-electron chi connectivity index (χ0n) is 11.1. The minimum absolute atomic E-state index is 0.956. The maximum absolute atomic E-state index is 4.67. The van der Waals surface area contributed by atoms with Gasteiger partial charge in [0, 0.05) is 5.69 Å². The summed E-state index contributed by atoms with van der Waals surface area (Å²) in [5.41, 5.74) is 4.77. The van der Waals surface area contributed by atoms with Gasteiger partial charge in [0.2, 0.25) is 0 Å². The van der Waals surface area contributed by atoms with Gasteiger partial charge in [0.25, 0.3) is 0 Å². The van der Waals surface area contributed by atoms with E-state index in [2.05, 4.69) is 66.6 Å². The number of benzene rings is 2. The highest BCUT2D eigenvalue weighted by atomic mass is 32.1. The fourth-order valence-electron chi connectivity index (χ4n) is 2.13. The first-order valence-electron chi connectivity index (χ1n) is 6.48. The van der Waals surface area contributed by atoms with Crippen molar-refractivity contribution in [3.63, 3.8) is 0 Å². The van der Waals surface area contributed by atoms with E-state index >= 15 is 0 Å². The third-order valence-electron chi connectivity index (χ3n) is 3.21. The first-order chi connectivity index (χ1) is 9.26. The van der Waals surface area contributed by atoms with Crippen LogP contribution in [-0.4, -0.2) is 4.98 Å². The number of aryl methyl sites for hydroxylation is 2. The van der Waals surface area contributed by atoms with Gasteiger partial charge < -0.3 is 5.32 Å². The summed E-state index contributed by atoms with van der Waals surface area (Å²) in [4.78, 5) is 4.67. The van der Waals surface area contributed by atoms with Crippen molar-refractivity contribution in [3.05, 3.63) is 53.6 Å². The summed E-state index contributed by atoms with van der Waals surface area (Å²) in [5, 5.41) is 4.36. The minimum Gasteiger partial charge on any atom is -0.332 e. The predicted octanol–water partition coefficient (Wildman–Crippen LogP) is 4.91. The molecule has 1 aromatic heterocycles. The quantitative estimate of drug-likeness (QED) is 0.730. The van der Waals surface area contributed by atoms with E-state index in [1.165, 1.54) is 15.8 Å². The van der Waals surface area contributed by atoms with Crippen molar-refractivity contribution in [1.29, 1.82) is 0 Å². The summed E-state index contributed by atoms with van der Waals surface area (Å²) >= 11 is 1.70. The average molecular weight is 268 g/mol. The third-order valence-corrected chi connectivity index (χ3v) is 4.14. The molecule has 0 spiro atoms. The Hall–Kier alpha value is -1.87. The molecule has 0 atom stereocenters. The van der Waals surface area contributed by atoms with Gasteiger partial charge in [0.05, 0.1) is 10.2 Å². The van der Waals surface area contributed by atoms with Crippen LogP contribution in [0, 0.1) is 6.92 Å². The summed E-state index contributed by atoms with van der Waals surface area (Å²) in [6.07, 6.45) is 1.05. The molecule has 0 saturated heterocycles. The van der Waals surface area contributed by atoms with Crippen molar-refractivity contribution in [3.8, 4) is 0 Å². The van der Waals surface area contributed by atoms with E-state index in [9.17, 15) is 0 Å². The molecule has 0 amide bonds. The molecule has 0 aliphatic heterocycles. The zero-order chi connectivity index (χ0) is 13.2. The largest absolute Gasteiger partial charge is 0.332 e. The van der Waals surface area contributed by atoms with Crippen molar-refractivity contribution in [2.24, 2.45) is 0 Å². The van der Waals surface area contributed by atoms with Crippen LogP contribution in [0.5, 0.6) is 0 Å². The van der Waals surface area contributed by atoms with E-state index in [0.29, 0.717) is 0 Å². The molecule has 3 rings (SSSR count). The van der Waals surface area contributed by atoms with Crippen molar-refractivity contribution in [2.75, 3.05) is 5.32 Å². The number of hydrogen-bond donors (Lipinski definition) is 1. The number of fused-ring (bicyclic) bond motifs is 1.